The van der Waals surface area contributed by atoms with E-state index in [0.717, 1.165) is 46.8 Å². The van der Waals surface area contributed by atoms with Crippen LogP contribution in [0, 0.1) is 0 Å². The Morgan fingerprint density at radius 1 is 0.818 bits per heavy atom. The predicted molar refractivity (Wildman–Crippen MR) is 144 cm³/mol. The summed E-state index contributed by atoms with van der Waals surface area (Å²) in [5, 5.41) is 11.4. The molecular weight excluding hydrogens is 408 g/mol. The van der Waals surface area contributed by atoms with Crippen LogP contribution in [0.2, 0.25) is 0 Å². The minimum atomic E-state index is 0.623. The Morgan fingerprint density at radius 2 is 1.55 bits per heavy atom. The number of pyridine rings is 1. The van der Waals surface area contributed by atoms with Gasteiger partial charge in [-0.2, -0.15) is 5.10 Å². The zero-order chi connectivity index (χ0) is 24.6. The van der Waals surface area contributed by atoms with Gasteiger partial charge in [-0.25, -0.2) is 14.5 Å². The highest BCUT2D eigenvalue weighted by Crippen LogP contribution is 2.35. The number of rotatable bonds is 6. The molecule has 4 aromatic rings. The van der Waals surface area contributed by atoms with Crippen LogP contribution < -0.4 is 10.6 Å². The average molecular weight is 449 g/mol. The van der Waals surface area contributed by atoms with E-state index in [0.29, 0.717) is 5.95 Å². The number of hydrogen-bond donors (Lipinski definition) is 2. The van der Waals surface area contributed by atoms with Gasteiger partial charge in [-0.05, 0) is 44.2 Å². The number of hydrogen-bond acceptors (Lipinski definition) is 5. The lowest BCUT2D eigenvalue weighted by molar-refractivity contribution is 0.966. The molecule has 4 rings (SSSR count). The highest BCUT2D eigenvalue weighted by atomic mass is 15.2. The van der Waals surface area contributed by atoms with Crippen molar-refractivity contribution in [3.8, 4) is 22.5 Å². The summed E-state index contributed by atoms with van der Waals surface area (Å²) in [5.41, 5.74) is 5.91. The summed E-state index contributed by atoms with van der Waals surface area (Å²) in [6.07, 6.45) is 3.74. The van der Waals surface area contributed by atoms with E-state index < -0.39 is 0 Å². The summed E-state index contributed by atoms with van der Waals surface area (Å²) < 4.78 is 1.90. The smallest absolute Gasteiger partial charge is 0.223 e. The van der Waals surface area contributed by atoms with Crippen LogP contribution in [-0.2, 0) is 0 Å². The molecule has 178 valence electrons. The Labute approximate surface area is 199 Å². The molecule has 6 nitrogen and oxygen atoms in total. The van der Waals surface area contributed by atoms with Crippen molar-refractivity contribution in [2.24, 2.45) is 0 Å². The van der Waals surface area contributed by atoms with E-state index in [1.807, 2.05) is 83.4 Å². The summed E-state index contributed by atoms with van der Waals surface area (Å²) in [4.78, 5) is 9.01. The maximum absolute atomic E-state index is 4.84. The Balaban J connectivity index is 0.000000841. The molecule has 0 fully saturated rings. The number of anilines is 2. The molecule has 0 aliphatic carbocycles. The van der Waals surface area contributed by atoms with Gasteiger partial charge in [0, 0.05) is 36.7 Å². The maximum atomic E-state index is 4.84. The van der Waals surface area contributed by atoms with Crippen LogP contribution in [0.1, 0.15) is 55.4 Å². The Bertz CT molecular complexity index is 1070. The van der Waals surface area contributed by atoms with E-state index in [2.05, 4.69) is 46.8 Å². The first-order valence-corrected chi connectivity index (χ1v) is 12.2. The zero-order valence-corrected chi connectivity index (χ0v) is 21.5. The molecule has 0 unspecified atom stereocenters. The molecule has 0 bridgehead atoms. The Hall–Kier alpha value is -3.41. The summed E-state index contributed by atoms with van der Waals surface area (Å²) in [7, 11) is 0. The highest BCUT2D eigenvalue weighted by Gasteiger charge is 2.18. The molecular formula is C27H40N6. The molecule has 33 heavy (non-hydrogen) atoms. The van der Waals surface area contributed by atoms with E-state index in [-0.39, 0.29) is 0 Å². The molecule has 3 aromatic heterocycles. The summed E-state index contributed by atoms with van der Waals surface area (Å²) in [6.45, 7) is 17.8. The van der Waals surface area contributed by atoms with Gasteiger partial charge in [-0.3, -0.25) is 0 Å². The Kier molecular flexibility index (Phi) is 12.9. The van der Waals surface area contributed by atoms with Crippen LogP contribution in [0.25, 0.3) is 28.0 Å². The van der Waals surface area contributed by atoms with Gasteiger partial charge < -0.3 is 10.6 Å². The van der Waals surface area contributed by atoms with Crippen LogP contribution in [0.15, 0.2) is 60.9 Å². The first-order chi connectivity index (χ1) is 16.3. The molecule has 1 aromatic carbocycles. The number of benzene rings is 1. The molecule has 0 saturated carbocycles. The third-order valence-corrected chi connectivity index (χ3v) is 4.30. The van der Waals surface area contributed by atoms with Crippen LogP contribution in [-0.4, -0.2) is 32.7 Å². The van der Waals surface area contributed by atoms with E-state index in [1.165, 1.54) is 0 Å². The van der Waals surface area contributed by atoms with Crippen molar-refractivity contribution < 1.29 is 0 Å². The van der Waals surface area contributed by atoms with Gasteiger partial charge in [-0.15, -0.1) is 0 Å². The van der Waals surface area contributed by atoms with Crippen molar-refractivity contribution in [2.45, 2.75) is 55.4 Å². The average Bonchev–Trinajstić information content (AvgIpc) is 3.28. The molecule has 0 aliphatic rings. The van der Waals surface area contributed by atoms with Gasteiger partial charge in [-0.1, -0.05) is 59.7 Å². The molecule has 6 heteroatoms. The second-order valence-corrected chi connectivity index (χ2v) is 6.16. The summed E-state index contributed by atoms with van der Waals surface area (Å²) >= 11 is 0. The third kappa shape index (κ3) is 7.04. The number of nitrogens with one attached hydrogen (secondary N) is 2. The quantitative estimate of drug-likeness (QED) is 0.322. The van der Waals surface area contributed by atoms with Crippen LogP contribution >= 0.6 is 0 Å². The van der Waals surface area contributed by atoms with Crippen LogP contribution in [0.3, 0.4) is 0 Å². The lowest BCUT2D eigenvalue weighted by Crippen LogP contribution is -2.02. The Morgan fingerprint density at radius 3 is 2.24 bits per heavy atom. The van der Waals surface area contributed by atoms with Gasteiger partial charge >= 0.3 is 0 Å². The molecule has 0 radical (unpaired) electrons. The highest BCUT2D eigenvalue weighted by molar-refractivity contribution is 5.91. The van der Waals surface area contributed by atoms with E-state index >= 15 is 0 Å². The van der Waals surface area contributed by atoms with Crippen molar-refractivity contribution >= 4 is 17.2 Å². The van der Waals surface area contributed by atoms with Crippen molar-refractivity contribution in [3.63, 3.8) is 0 Å². The van der Waals surface area contributed by atoms with Crippen molar-refractivity contribution in [2.75, 3.05) is 23.7 Å². The fourth-order valence-electron chi connectivity index (χ4n) is 3.18. The topological polar surface area (TPSA) is 67.1 Å². The molecule has 0 saturated heterocycles. The summed E-state index contributed by atoms with van der Waals surface area (Å²) in [6, 6.07) is 16.3. The number of fused-ring (bicyclic) bond motifs is 1. The van der Waals surface area contributed by atoms with Crippen LogP contribution in [0.4, 0.5) is 11.6 Å². The fraction of sp³-hybridized carbons (Fsp3) is 0.370. The monoisotopic (exact) mass is 448 g/mol. The van der Waals surface area contributed by atoms with Crippen molar-refractivity contribution in [1.29, 1.82) is 0 Å². The van der Waals surface area contributed by atoms with Gasteiger partial charge in [0.05, 0.1) is 16.8 Å². The first kappa shape index (κ1) is 27.6. The number of nitrogens with zero attached hydrogens (tertiary/aromatic N) is 4. The lowest BCUT2D eigenvalue weighted by Gasteiger charge is -2.08. The van der Waals surface area contributed by atoms with E-state index in [1.54, 1.807) is 6.20 Å². The van der Waals surface area contributed by atoms with Gasteiger partial charge in [0.25, 0.3) is 0 Å². The molecule has 0 spiro atoms. The molecule has 2 N–H and O–H groups in total. The van der Waals surface area contributed by atoms with E-state index in [4.69, 9.17) is 10.1 Å². The van der Waals surface area contributed by atoms with Crippen molar-refractivity contribution in [1.82, 2.24) is 19.6 Å². The molecule has 3 heterocycles. The van der Waals surface area contributed by atoms with Gasteiger partial charge in [0.2, 0.25) is 5.95 Å². The molecule has 0 amide bonds. The maximum Gasteiger partial charge on any atom is 0.223 e. The second-order valence-electron chi connectivity index (χ2n) is 6.16. The first-order valence-electron chi connectivity index (χ1n) is 12.2. The van der Waals surface area contributed by atoms with Crippen LogP contribution in [0.5, 0.6) is 0 Å². The van der Waals surface area contributed by atoms with Gasteiger partial charge in [0.1, 0.15) is 5.69 Å². The molecule has 0 atom stereocenters. The SMILES string of the molecule is CC.CC.CC.CCNc1cccc(-c2nn3ccccc3c2-c2ccnc(NCC)n2)c1. The number of aromatic nitrogens is 4. The second kappa shape index (κ2) is 15.4. The minimum absolute atomic E-state index is 0.623. The normalized spacial score (nSPS) is 9.45. The van der Waals surface area contributed by atoms with Gasteiger partial charge in [0.15, 0.2) is 0 Å². The van der Waals surface area contributed by atoms with Crippen molar-refractivity contribution in [3.05, 3.63) is 60.9 Å². The fourth-order valence-corrected chi connectivity index (χ4v) is 3.18. The van der Waals surface area contributed by atoms with E-state index in [9.17, 15) is 0 Å². The summed E-state index contributed by atoms with van der Waals surface area (Å²) in [5.74, 6) is 0.623. The minimum Gasteiger partial charge on any atom is -0.385 e. The predicted octanol–water partition coefficient (Wildman–Crippen LogP) is 7.40. The zero-order valence-electron chi connectivity index (χ0n) is 21.5. The largest absolute Gasteiger partial charge is 0.385 e. The standard InChI is InChI=1S/C21H22N6.3C2H6/c1-3-22-16-9-7-8-15(14-16)20-19(18-10-5-6-13-27(18)26-20)17-11-12-24-21(25-17)23-4-2;3*1-2/h5-14,22H,3-4H2,1-2H3,(H,23,24,25);3*1-2H3. The molecule has 0 aliphatic heterocycles. The lowest BCUT2D eigenvalue weighted by atomic mass is 10.0. The third-order valence-electron chi connectivity index (χ3n) is 4.30.